The molecule has 0 radical (unpaired) electrons. The average Bonchev–Trinajstić information content (AvgIpc) is 3.12. The molecule has 2 fully saturated rings. The summed E-state index contributed by atoms with van der Waals surface area (Å²) in [5.74, 6) is 1.67. The molecule has 2 saturated heterocycles. The van der Waals surface area contributed by atoms with E-state index in [2.05, 4.69) is 26.2 Å². The van der Waals surface area contributed by atoms with Gasteiger partial charge >= 0.3 is 0 Å². The minimum Gasteiger partial charge on any atom is -0.379 e. The summed E-state index contributed by atoms with van der Waals surface area (Å²) >= 11 is 0. The Morgan fingerprint density at radius 3 is 2.72 bits per heavy atom. The van der Waals surface area contributed by atoms with E-state index in [-0.39, 0.29) is 0 Å². The van der Waals surface area contributed by atoms with Crippen molar-refractivity contribution in [1.29, 1.82) is 5.26 Å². The van der Waals surface area contributed by atoms with Crippen molar-refractivity contribution in [3.63, 3.8) is 0 Å². The summed E-state index contributed by atoms with van der Waals surface area (Å²) in [6, 6.07) is 9.84. The lowest BCUT2D eigenvalue weighted by atomic mass is 10.1. The normalized spacial score (nSPS) is 22.0. The highest BCUT2D eigenvalue weighted by Crippen LogP contribution is 2.18. The molecule has 2 heterocycles. The number of benzene rings is 1. The third-order valence-corrected chi connectivity index (χ3v) is 4.95. The predicted octanol–water partition coefficient (Wildman–Crippen LogP) is 1.29. The Bertz CT molecular complexity index is 616. The van der Waals surface area contributed by atoms with Crippen LogP contribution in [0.25, 0.3) is 0 Å². The Hall–Kier alpha value is -2.10. The van der Waals surface area contributed by atoms with Gasteiger partial charge in [0.1, 0.15) is 0 Å². The van der Waals surface area contributed by atoms with E-state index in [0.29, 0.717) is 11.5 Å². The van der Waals surface area contributed by atoms with Crippen molar-refractivity contribution in [1.82, 2.24) is 15.1 Å². The maximum atomic E-state index is 8.87. The Labute approximate surface area is 150 Å². The molecule has 1 aromatic rings. The third kappa shape index (κ3) is 4.94. The van der Waals surface area contributed by atoms with Crippen molar-refractivity contribution < 1.29 is 4.74 Å². The van der Waals surface area contributed by atoms with Crippen LogP contribution in [0.15, 0.2) is 29.3 Å². The largest absolute Gasteiger partial charge is 0.379 e. The first-order valence-electron chi connectivity index (χ1n) is 9.03. The molecule has 1 N–H and O–H groups in total. The van der Waals surface area contributed by atoms with Crippen molar-refractivity contribution in [2.75, 3.05) is 53.0 Å². The molecule has 0 saturated carbocycles. The molecule has 1 unspecified atom stereocenters. The van der Waals surface area contributed by atoms with E-state index < -0.39 is 0 Å². The molecule has 25 heavy (non-hydrogen) atoms. The van der Waals surface area contributed by atoms with Gasteiger partial charge in [-0.25, -0.2) is 0 Å². The quantitative estimate of drug-likeness (QED) is 0.660. The number of likely N-dealkylation sites (tertiary alicyclic amines) is 1. The van der Waals surface area contributed by atoms with Gasteiger partial charge in [-0.2, -0.15) is 5.26 Å². The zero-order valence-electron chi connectivity index (χ0n) is 14.9. The summed E-state index contributed by atoms with van der Waals surface area (Å²) in [6.45, 7) is 7.85. The summed E-state index contributed by atoms with van der Waals surface area (Å²) < 4.78 is 5.43. The van der Waals surface area contributed by atoms with Crippen LogP contribution < -0.4 is 5.32 Å². The molecule has 2 aliphatic rings. The molecule has 1 atom stereocenters. The lowest BCUT2D eigenvalue weighted by Gasteiger charge is -2.29. The van der Waals surface area contributed by atoms with Gasteiger partial charge in [0.25, 0.3) is 0 Å². The highest BCUT2D eigenvalue weighted by atomic mass is 16.5. The number of rotatable bonds is 4. The van der Waals surface area contributed by atoms with E-state index in [1.165, 1.54) is 6.42 Å². The Morgan fingerprint density at radius 1 is 1.28 bits per heavy atom. The number of guanidine groups is 1. The van der Waals surface area contributed by atoms with Crippen molar-refractivity contribution in [3.8, 4) is 6.07 Å². The Morgan fingerprint density at radius 2 is 2.04 bits per heavy atom. The van der Waals surface area contributed by atoms with Crippen molar-refractivity contribution >= 4 is 5.96 Å². The second-order valence-corrected chi connectivity index (χ2v) is 6.72. The monoisotopic (exact) mass is 341 g/mol. The third-order valence-electron chi connectivity index (χ3n) is 4.95. The maximum Gasteiger partial charge on any atom is 0.193 e. The fraction of sp³-hybridized carbons (Fsp3) is 0.579. The van der Waals surface area contributed by atoms with Crippen molar-refractivity contribution in [2.24, 2.45) is 10.9 Å². The summed E-state index contributed by atoms with van der Waals surface area (Å²) in [6.07, 6.45) is 1.22. The molecule has 1 aromatic carbocycles. The smallest absolute Gasteiger partial charge is 0.193 e. The van der Waals surface area contributed by atoms with Crippen molar-refractivity contribution in [3.05, 3.63) is 35.4 Å². The lowest BCUT2D eigenvalue weighted by molar-refractivity contribution is 0.0315. The molecular weight excluding hydrogens is 314 g/mol. The standard InChI is InChI=1S/C19H27N5O/c1-21-19(22-13-17-4-2-16(12-20)3-5-17)24-7-6-18(15-24)14-23-8-10-25-11-9-23/h2-5,18H,6-11,13-15H2,1H3,(H,21,22). The molecule has 0 bridgehead atoms. The minimum atomic E-state index is 0.693. The lowest BCUT2D eigenvalue weighted by Crippen LogP contribution is -2.42. The topological polar surface area (TPSA) is 63.9 Å². The number of ether oxygens (including phenoxy) is 1. The van der Waals surface area contributed by atoms with E-state index >= 15 is 0 Å². The molecule has 0 aliphatic carbocycles. The number of nitrogens with zero attached hydrogens (tertiary/aromatic N) is 4. The van der Waals surface area contributed by atoms with Crippen LogP contribution in [0, 0.1) is 17.2 Å². The minimum absolute atomic E-state index is 0.693. The molecule has 6 nitrogen and oxygen atoms in total. The molecule has 0 amide bonds. The van der Waals surface area contributed by atoms with E-state index in [0.717, 1.165) is 64.0 Å². The van der Waals surface area contributed by atoms with Crippen LogP contribution in [0.5, 0.6) is 0 Å². The first-order chi connectivity index (χ1) is 12.3. The SMILES string of the molecule is CN=C(NCc1ccc(C#N)cc1)N1CCC(CN2CCOCC2)C1. The summed E-state index contributed by atoms with van der Waals surface area (Å²) in [7, 11) is 1.84. The number of morpholine rings is 1. The van der Waals surface area contributed by atoms with Gasteiger partial charge in [-0.15, -0.1) is 0 Å². The molecule has 0 aromatic heterocycles. The Balaban J connectivity index is 1.47. The number of hydrogen-bond donors (Lipinski definition) is 1. The average molecular weight is 341 g/mol. The van der Waals surface area contributed by atoms with Crippen LogP contribution in [0.1, 0.15) is 17.5 Å². The molecule has 6 heteroatoms. The first-order valence-corrected chi connectivity index (χ1v) is 9.03. The molecule has 3 rings (SSSR count). The van der Waals surface area contributed by atoms with E-state index in [9.17, 15) is 0 Å². The molecule has 134 valence electrons. The van der Waals surface area contributed by atoms with Gasteiger partial charge < -0.3 is 15.0 Å². The van der Waals surface area contributed by atoms with Gasteiger partial charge in [0.05, 0.1) is 24.8 Å². The van der Waals surface area contributed by atoms with Gasteiger partial charge in [-0.3, -0.25) is 9.89 Å². The second kappa shape index (κ2) is 8.84. The summed E-state index contributed by atoms with van der Waals surface area (Å²) in [4.78, 5) is 9.32. The number of aliphatic imine (C=N–C) groups is 1. The summed E-state index contributed by atoms with van der Waals surface area (Å²) in [5, 5.41) is 12.3. The summed E-state index contributed by atoms with van der Waals surface area (Å²) in [5.41, 5.74) is 1.85. The molecular formula is C19H27N5O. The second-order valence-electron chi connectivity index (χ2n) is 6.72. The maximum absolute atomic E-state index is 8.87. The van der Waals surface area contributed by atoms with Crippen LogP contribution in [0.4, 0.5) is 0 Å². The van der Waals surface area contributed by atoms with E-state index in [4.69, 9.17) is 10.00 Å². The van der Waals surface area contributed by atoms with E-state index in [1.807, 2.05) is 31.3 Å². The van der Waals surface area contributed by atoms with Crippen molar-refractivity contribution in [2.45, 2.75) is 13.0 Å². The van der Waals surface area contributed by atoms with Gasteiger partial charge in [0, 0.05) is 46.3 Å². The zero-order valence-corrected chi connectivity index (χ0v) is 14.9. The Kier molecular flexibility index (Phi) is 6.26. The van der Waals surface area contributed by atoms with Gasteiger partial charge in [0.15, 0.2) is 5.96 Å². The predicted molar refractivity (Wildman–Crippen MR) is 98.3 cm³/mol. The van der Waals surface area contributed by atoms with Crippen LogP contribution >= 0.6 is 0 Å². The van der Waals surface area contributed by atoms with Crippen LogP contribution in [0.2, 0.25) is 0 Å². The molecule has 2 aliphatic heterocycles. The van der Waals surface area contributed by atoms with Crippen LogP contribution in [-0.2, 0) is 11.3 Å². The number of hydrogen-bond acceptors (Lipinski definition) is 4. The molecule has 0 spiro atoms. The number of nitriles is 1. The number of nitrogens with one attached hydrogen (secondary N) is 1. The first kappa shape index (κ1) is 17.7. The fourth-order valence-electron chi connectivity index (χ4n) is 3.53. The highest BCUT2D eigenvalue weighted by molar-refractivity contribution is 5.80. The van der Waals surface area contributed by atoms with Gasteiger partial charge in [0.2, 0.25) is 0 Å². The fourth-order valence-corrected chi connectivity index (χ4v) is 3.53. The van der Waals surface area contributed by atoms with Gasteiger partial charge in [-0.1, -0.05) is 12.1 Å². The van der Waals surface area contributed by atoms with E-state index in [1.54, 1.807) is 0 Å². The van der Waals surface area contributed by atoms with Crippen LogP contribution in [-0.4, -0.2) is 68.7 Å². The highest BCUT2D eigenvalue weighted by Gasteiger charge is 2.26. The van der Waals surface area contributed by atoms with Gasteiger partial charge in [-0.05, 0) is 30.0 Å². The zero-order chi connectivity index (χ0) is 17.5. The van der Waals surface area contributed by atoms with Crippen LogP contribution in [0.3, 0.4) is 0 Å².